The number of nitrogens with zero attached hydrogens (tertiary/aromatic N) is 2. The number of hydrogen-bond acceptors (Lipinski definition) is 4. The highest BCUT2D eigenvalue weighted by molar-refractivity contribution is 7.90. The van der Waals surface area contributed by atoms with E-state index in [1.165, 1.54) is 6.07 Å². The molecule has 1 N–H and O–H groups in total. The molecule has 0 aliphatic rings. The minimum atomic E-state index is -3.12. The summed E-state index contributed by atoms with van der Waals surface area (Å²) in [5.41, 5.74) is 1.21. The first-order chi connectivity index (χ1) is 9.33. The molecule has 1 heterocycles. The Hall–Kier alpha value is -1.89. The van der Waals surface area contributed by atoms with E-state index < -0.39 is 15.8 Å². The summed E-state index contributed by atoms with van der Waals surface area (Å²) in [5.74, 6) is -0.393. The Kier molecular flexibility index (Phi) is 3.80. The van der Waals surface area contributed by atoms with Crippen molar-refractivity contribution >= 4 is 26.8 Å². The second-order valence-electron chi connectivity index (χ2n) is 4.64. The molecule has 0 unspecified atom stereocenters. The van der Waals surface area contributed by atoms with Gasteiger partial charge in [0, 0.05) is 19.2 Å². The number of fused-ring (bicyclic) bond motifs is 1. The number of carboxylic acids is 1. The van der Waals surface area contributed by atoms with Crippen LogP contribution in [-0.2, 0) is 22.8 Å². The molecular formula is C13H16N2O4S. The van der Waals surface area contributed by atoms with E-state index in [1.54, 1.807) is 16.7 Å². The molecule has 0 spiro atoms. The molecule has 1 aromatic carbocycles. The Morgan fingerprint density at radius 2 is 2.10 bits per heavy atom. The van der Waals surface area contributed by atoms with Crippen molar-refractivity contribution in [2.24, 2.45) is 0 Å². The van der Waals surface area contributed by atoms with Crippen LogP contribution in [0.15, 0.2) is 18.2 Å². The van der Waals surface area contributed by atoms with Crippen molar-refractivity contribution in [1.82, 2.24) is 9.55 Å². The van der Waals surface area contributed by atoms with E-state index in [2.05, 4.69) is 4.98 Å². The van der Waals surface area contributed by atoms with Gasteiger partial charge in [-0.25, -0.2) is 18.2 Å². The Morgan fingerprint density at radius 3 is 2.65 bits per heavy atom. The van der Waals surface area contributed by atoms with Crippen molar-refractivity contribution in [1.29, 1.82) is 0 Å². The minimum absolute atomic E-state index is 0.0422. The number of aromatic nitrogens is 2. The summed E-state index contributed by atoms with van der Waals surface area (Å²) in [6.45, 7) is 2.11. The first-order valence-corrected chi connectivity index (χ1v) is 8.28. The van der Waals surface area contributed by atoms with Crippen molar-refractivity contribution in [3.8, 4) is 0 Å². The summed E-state index contributed by atoms with van der Waals surface area (Å²) in [7, 11) is -3.12. The van der Waals surface area contributed by atoms with E-state index in [0.717, 1.165) is 6.26 Å². The Labute approximate surface area is 117 Å². The van der Waals surface area contributed by atoms with Gasteiger partial charge in [0.25, 0.3) is 0 Å². The first kappa shape index (κ1) is 14.5. The van der Waals surface area contributed by atoms with Gasteiger partial charge in [-0.15, -0.1) is 0 Å². The van der Waals surface area contributed by atoms with Crippen LogP contribution in [0, 0.1) is 0 Å². The lowest BCUT2D eigenvalue weighted by Gasteiger charge is -2.08. The SMILES string of the molecule is CCc1nc2cccc(C(=O)O)c2n1CCS(C)(=O)=O. The second kappa shape index (κ2) is 5.24. The summed E-state index contributed by atoms with van der Waals surface area (Å²) in [6, 6.07) is 4.87. The van der Waals surface area contributed by atoms with E-state index >= 15 is 0 Å². The summed E-state index contributed by atoms with van der Waals surface area (Å²) in [6.07, 6.45) is 1.77. The van der Waals surface area contributed by atoms with Crippen LogP contribution in [0.2, 0.25) is 0 Å². The number of carbonyl (C=O) groups is 1. The van der Waals surface area contributed by atoms with Crippen LogP contribution < -0.4 is 0 Å². The fourth-order valence-corrected chi connectivity index (χ4v) is 2.69. The number of carboxylic acid groups (broad SMARTS) is 1. The van der Waals surface area contributed by atoms with E-state index in [4.69, 9.17) is 0 Å². The molecule has 0 aliphatic carbocycles. The average Bonchev–Trinajstić information content (AvgIpc) is 2.72. The number of rotatable bonds is 5. The molecule has 108 valence electrons. The molecule has 2 rings (SSSR count). The van der Waals surface area contributed by atoms with Crippen LogP contribution in [0.5, 0.6) is 0 Å². The molecule has 0 saturated carbocycles. The van der Waals surface area contributed by atoms with Gasteiger partial charge in [-0.2, -0.15) is 0 Å². The van der Waals surface area contributed by atoms with Gasteiger partial charge in [0.2, 0.25) is 0 Å². The highest BCUT2D eigenvalue weighted by Crippen LogP contribution is 2.21. The van der Waals surface area contributed by atoms with Gasteiger partial charge in [-0.1, -0.05) is 13.0 Å². The lowest BCUT2D eigenvalue weighted by atomic mass is 10.2. The van der Waals surface area contributed by atoms with Crippen LogP contribution in [0.4, 0.5) is 0 Å². The molecule has 7 heteroatoms. The van der Waals surface area contributed by atoms with E-state index in [9.17, 15) is 18.3 Å². The maximum atomic E-state index is 11.3. The molecule has 20 heavy (non-hydrogen) atoms. The molecule has 0 fully saturated rings. The number of hydrogen-bond donors (Lipinski definition) is 1. The summed E-state index contributed by atoms with van der Waals surface area (Å²) >= 11 is 0. The third-order valence-electron chi connectivity index (χ3n) is 3.08. The highest BCUT2D eigenvalue weighted by atomic mass is 32.2. The third-order valence-corrected chi connectivity index (χ3v) is 4.00. The third kappa shape index (κ3) is 2.82. The molecule has 0 saturated heterocycles. The Balaban J connectivity index is 2.63. The number of aromatic carboxylic acids is 1. The molecule has 2 aromatic rings. The van der Waals surface area contributed by atoms with Crippen LogP contribution in [0.1, 0.15) is 23.1 Å². The monoisotopic (exact) mass is 296 g/mol. The predicted molar refractivity (Wildman–Crippen MR) is 75.8 cm³/mol. The van der Waals surface area contributed by atoms with E-state index in [1.807, 2.05) is 6.92 Å². The van der Waals surface area contributed by atoms with Crippen LogP contribution >= 0.6 is 0 Å². The number of sulfone groups is 1. The molecule has 0 radical (unpaired) electrons. The zero-order chi connectivity index (χ0) is 14.9. The summed E-state index contributed by atoms with van der Waals surface area (Å²) < 4.78 is 24.4. The molecule has 1 aromatic heterocycles. The van der Waals surface area contributed by atoms with Crippen LogP contribution in [-0.4, -0.2) is 41.1 Å². The van der Waals surface area contributed by atoms with Gasteiger partial charge in [0.15, 0.2) is 0 Å². The summed E-state index contributed by atoms with van der Waals surface area (Å²) in [5, 5.41) is 9.26. The highest BCUT2D eigenvalue weighted by Gasteiger charge is 2.17. The molecule has 0 bridgehead atoms. The number of benzene rings is 1. The van der Waals surface area contributed by atoms with Gasteiger partial charge < -0.3 is 9.67 Å². The minimum Gasteiger partial charge on any atom is -0.478 e. The molecule has 0 amide bonds. The fourth-order valence-electron chi connectivity index (χ4n) is 2.17. The quantitative estimate of drug-likeness (QED) is 0.899. The van der Waals surface area contributed by atoms with E-state index in [-0.39, 0.29) is 17.9 Å². The standard InChI is InChI=1S/C13H16N2O4S/c1-3-11-14-10-6-4-5-9(13(16)17)12(10)15(11)7-8-20(2,18)19/h4-6H,3,7-8H2,1-2H3,(H,16,17). The molecule has 6 nitrogen and oxygen atoms in total. The average molecular weight is 296 g/mol. The number of aryl methyl sites for hydroxylation is 2. The largest absolute Gasteiger partial charge is 0.478 e. The van der Waals surface area contributed by atoms with Gasteiger partial charge in [-0.3, -0.25) is 0 Å². The van der Waals surface area contributed by atoms with Crippen molar-refractivity contribution in [2.75, 3.05) is 12.0 Å². The maximum Gasteiger partial charge on any atom is 0.337 e. The van der Waals surface area contributed by atoms with Gasteiger partial charge in [0.05, 0.1) is 22.3 Å². The number of para-hydroxylation sites is 1. The Morgan fingerprint density at radius 1 is 1.40 bits per heavy atom. The van der Waals surface area contributed by atoms with Crippen molar-refractivity contribution in [2.45, 2.75) is 19.9 Å². The molecular weight excluding hydrogens is 280 g/mol. The second-order valence-corrected chi connectivity index (χ2v) is 6.90. The summed E-state index contributed by atoms with van der Waals surface area (Å²) in [4.78, 5) is 15.7. The van der Waals surface area contributed by atoms with Crippen molar-refractivity contribution in [3.63, 3.8) is 0 Å². The lowest BCUT2D eigenvalue weighted by Crippen LogP contribution is -2.14. The van der Waals surface area contributed by atoms with Gasteiger partial charge >= 0.3 is 5.97 Å². The lowest BCUT2D eigenvalue weighted by molar-refractivity contribution is 0.0698. The predicted octanol–water partition coefficient (Wildman–Crippen LogP) is 1.34. The van der Waals surface area contributed by atoms with Gasteiger partial charge in [0.1, 0.15) is 15.7 Å². The maximum absolute atomic E-state index is 11.3. The van der Waals surface area contributed by atoms with Crippen molar-refractivity contribution < 1.29 is 18.3 Å². The normalized spacial score (nSPS) is 11.9. The van der Waals surface area contributed by atoms with E-state index in [0.29, 0.717) is 23.3 Å². The topological polar surface area (TPSA) is 89.3 Å². The fraction of sp³-hybridized carbons (Fsp3) is 0.385. The van der Waals surface area contributed by atoms with Crippen LogP contribution in [0.25, 0.3) is 11.0 Å². The number of imidazole rings is 1. The first-order valence-electron chi connectivity index (χ1n) is 6.22. The smallest absolute Gasteiger partial charge is 0.337 e. The van der Waals surface area contributed by atoms with Crippen molar-refractivity contribution in [3.05, 3.63) is 29.6 Å². The van der Waals surface area contributed by atoms with Crippen LogP contribution in [0.3, 0.4) is 0 Å². The molecule has 0 atom stereocenters. The zero-order valence-electron chi connectivity index (χ0n) is 11.3. The molecule has 0 aliphatic heterocycles. The van der Waals surface area contributed by atoms with Gasteiger partial charge in [-0.05, 0) is 12.1 Å². The Bertz CT molecular complexity index is 762. The zero-order valence-corrected chi connectivity index (χ0v) is 12.1.